The van der Waals surface area contributed by atoms with Crippen LogP contribution in [0.3, 0.4) is 0 Å². The molecule has 0 unspecified atom stereocenters. The molecule has 0 bridgehead atoms. The van der Waals surface area contributed by atoms with Crippen LogP contribution in [-0.4, -0.2) is 59.0 Å². The van der Waals surface area contributed by atoms with Crippen molar-refractivity contribution < 1.29 is 29.3 Å². The van der Waals surface area contributed by atoms with E-state index in [1.807, 2.05) is 6.07 Å². The van der Waals surface area contributed by atoms with Crippen LogP contribution < -0.4 is 15.8 Å². The number of amides is 1. The molecule has 1 aromatic heterocycles. The largest absolute Gasteiger partial charge is 0.490 e. The van der Waals surface area contributed by atoms with Gasteiger partial charge in [-0.3, -0.25) is 9.78 Å². The fourth-order valence-electron chi connectivity index (χ4n) is 3.81. The molecule has 1 fully saturated rings. The number of fused-ring (bicyclic) bond motifs is 1. The van der Waals surface area contributed by atoms with Gasteiger partial charge in [0.1, 0.15) is 17.9 Å². The topological polar surface area (TPSA) is 144 Å². The number of aliphatic hydroxyl groups is 1. The molecule has 1 heterocycles. The number of anilines is 1. The number of aromatic nitrogens is 1. The molecular weight excluding hydrogens is 390 g/mol. The number of hydrogen-bond acceptors (Lipinski definition) is 7. The van der Waals surface area contributed by atoms with Crippen LogP contribution >= 0.6 is 0 Å². The molecular formula is C21H27N3O6. The van der Waals surface area contributed by atoms with Crippen molar-refractivity contribution in [3.8, 4) is 5.75 Å². The van der Waals surface area contributed by atoms with Gasteiger partial charge in [0.25, 0.3) is 0 Å². The molecule has 0 spiro atoms. The molecule has 0 saturated heterocycles. The zero-order valence-electron chi connectivity index (χ0n) is 16.9. The van der Waals surface area contributed by atoms with Crippen molar-refractivity contribution in [2.24, 2.45) is 0 Å². The van der Waals surface area contributed by atoms with Gasteiger partial charge in [-0.15, -0.1) is 0 Å². The Bertz CT molecular complexity index is 925. The first-order valence-electron chi connectivity index (χ1n) is 9.97. The number of ether oxygens (including phenoxy) is 2. The van der Waals surface area contributed by atoms with Crippen molar-refractivity contribution in [1.82, 2.24) is 10.3 Å². The SMILES string of the molecule is Cc1nc2cccc(OC3CCC(NC(=O)COCCO)CC3)c2c(N)c1C(=O)O. The second kappa shape index (κ2) is 9.73. The van der Waals surface area contributed by atoms with Crippen LogP contribution in [-0.2, 0) is 9.53 Å². The Hall–Kier alpha value is -2.91. The number of benzene rings is 1. The molecule has 1 aliphatic carbocycles. The summed E-state index contributed by atoms with van der Waals surface area (Å²) >= 11 is 0. The fourth-order valence-corrected chi connectivity index (χ4v) is 3.81. The van der Waals surface area contributed by atoms with Gasteiger partial charge in [0.05, 0.1) is 41.6 Å². The van der Waals surface area contributed by atoms with Crippen LogP contribution in [0.5, 0.6) is 5.75 Å². The van der Waals surface area contributed by atoms with Crippen molar-refractivity contribution in [2.45, 2.75) is 44.8 Å². The zero-order valence-corrected chi connectivity index (χ0v) is 16.9. The Balaban J connectivity index is 1.66. The van der Waals surface area contributed by atoms with Crippen molar-refractivity contribution in [2.75, 3.05) is 25.6 Å². The molecule has 1 aromatic carbocycles. The number of carbonyl (C=O) groups is 2. The van der Waals surface area contributed by atoms with Gasteiger partial charge >= 0.3 is 5.97 Å². The lowest BCUT2D eigenvalue weighted by Gasteiger charge is -2.30. The second-order valence-corrected chi connectivity index (χ2v) is 7.38. The van der Waals surface area contributed by atoms with Crippen molar-refractivity contribution in [3.63, 3.8) is 0 Å². The molecule has 0 atom stereocenters. The molecule has 162 valence electrons. The third kappa shape index (κ3) is 4.98. The van der Waals surface area contributed by atoms with E-state index in [1.165, 1.54) is 0 Å². The summed E-state index contributed by atoms with van der Waals surface area (Å²) in [7, 11) is 0. The lowest BCUT2D eigenvalue weighted by atomic mass is 9.93. The number of nitrogens with two attached hydrogens (primary N) is 1. The normalized spacial score (nSPS) is 18.9. The van der Waals surface area contributed by atoms with Gasteiger partial charge in [0, 0.05) is 6.04 Å². The predicted octanol–water partition coefficient (Wildman–Crippen LogP) is 1.64. The number of carboxylic acid groups (broad SMARTS) is 1. The number of nitrogens with one attached hydrogen (secondary N) is 1. The third-order valence-corrected chi connectivity index (χ3v) is 5.21. The van der Waals surface area contributed by atoms with Gasteiger partial charge in [0.15, 0.2) is 0 Å². The van der Waals surface area contributed by atoms with Crippen molar-refractivity contribution in [3.05, 3.63) is 29.5 Å². The highest BCUT2D eigenvalue weighted by Crippen LogP contribution is 2.35. The molecule has 2 aromatic rings. The van der Waals surface area contributed by atoms with E-state index < -0.39 is 5.97 Å². The van der Waals surface area contributed by atoms with E-state index in [1.54, 1.807) is 19.1 Å². The van der Waals surface area contributed by atoms with Gasteiger partial charge in [-0.05, 0) is 44.7 Å². The summed E-state index contributed by atoms with van der Waals surface area (Å²) in [6, 6.07) is 5.41. The molecule has 1 amide bonds. The van der Waals surface area contributed by atoms with Crippen LogP contribution in [0.15, 0.2) is 18.2 Å². The highest BCUT2D eigenvalue weighted by molar-refractivity contribution is 6.06. The third-order valence-electron chi connectivity index (χ3n) is 5.21. The summed E-state index contributed by atoms with van der Waals surface area (Å²) in [5, 5.41) is 21.6. The zero-order chi connectivity index (χ0) is 21.7. The first kappa shape index (κ1) is 21.8. The van der Waals surface area contributed by atoms with Crippen molar-refractivity contribution in [1.29, 1.82) is 0 Å². The molecule has 5 N–H and O–H groups in total. The minimum absolute atomic E-state index is 0.00612. The number of hydrogen-bond donors (Lipinski definition) is 4. The maximum atomic E-state index is 11.8. The second-order valence-electron chi connectivity index (χ2n) is 7.38. The Labute approximate surface area is 174 Å². The highest BCUT2D eigenvalue weighted by Gasteiger charge is 2.25. The summed E-state index contributed by atoms with van der Waals surface area (Å²) < 4.78 is 11.2. The van der Waals surface area contributed by atoms with E-state index in [0.717, 1.165) is 25.7 Å². The molecule has 9 nitrogen and oxygen atoms in total. The predicted molar refractivity (Wildman–Crippen MR) is 111 cm³/mol. The molecule has 0 radical (unpaired) electrons. The quantitative estimate of drug-likeness (QED) is 0.475. The van der Waals surface area contributed by atoms with Gasteiger partial charge < -0.3 is 30.7 Å². The number of carbonyl (C=O) groups excluding carboxylic acids is 1. The van der Waals surface area contributed by atoms with Crippen LogP contribution in [0.4, 0.5) is 5.69 Å². The first-order chi connectivity index (χ1) is 14.4. The average Bonchev–Trinajstić information content (AvgIpc) is 2.69. The molecule has 30 heavy (non-hydrogen) atoms. The lowest BCUT2D eigenvalue weighted by molar-refractivity contribution is -0.127. The minimum atomic E-state index is -1.12. The van der Waals surface area contributed by atoms with E-state index in [2.05, 4.69) is 10.3 Å². The number of aryl methyl sites for hydroxylation is 1. The van der Waals surface area contributed by atoms with Gasteiger partial charge in [-0.1, -0.05) is 6.07 Å². The lowest BCUT2D eigenvalue weighted by Crippen LogP contribution is -2.41. The number of nitrogen functional groups attached to an aromatic ring is 1. The van der Waals surface area contributed by atoms with Crippen LogP contribution in [0.25, 0.3) is 10.9 Å². The Morgan fingerprint density at radius 1 is 1.27 bits per heavy atom. The van der Waals surface area contributed by atoms with E-state index in [4.69, 9.17) is 20.3 Å². The van der Waals surface area contributed by atoms with Crippen LogP contribution in [0.1, 0.15) is 41.7 Å². The standard InChI is InChI=1S/C21H27N3O6/c1-12-18(21(27)28)20(22)19-15(23-12)3-2-4-16(19)30-14-7-5-13(6-8-14)24-17(26)11-29-10-9-25/h2-4,13-14,25H,5-11H2,1H3,(H2,22,23)(H,24,26)(H,27,28). The Kier molecular flexibility index (Phi) is 7.07. The fraction of sp³-hybridized carbons (Fsp3) is 0.476. The maximum absolute atomic E-state index is 11.8. The first-order valence-corrected chi connectivity index (χ1v) is 9.97. The molecule has 1 saturated carbocycles. The minimum Gasteiger partial charge on any atom is -0.490 e. The number of nitrogens with zero attached hydrogens (tertiary/aromatic N) is 1. The number of rotatable bonds is 8. The number of aliphatic hydroxyl groups excluding tert-OH is 1. The summed E-state index contributed by atoms with van der Waals surface area (Å²) in [6.45, 7) is 1.58. The van der Waals surface area contributed by atoms with E-state index in [9.17, 15) is 14.7 Å². The van der Waals surface area contributed by atoms with Gasteiger partial charge in [0.2, 0.25) is 5.91 Å². The number of carboxylic acids is 1. The summed E-state index contributed by atoms with van der Waals surface area (Å²) in [5.41, 5.74) is 7.29. The molecule has 1 aliphatic rings. The van der Waals surface area contributed by atoms with E-state index >= 15 is 0 Å². The van der Waals surface area contributed by atoms with Crippen molar-refractivity contribution >= 4 is 28.5 Å². The smallest absolute Gasteiger partial charge is 0.339 e. The van der Waals surface area contributed by atoms with E-state index in [-0.39, 0.29) is 49.1 Å². The summed E-state index contributed by atoms with van der Waals surface area (Å²) in [5.74, 6) is -0.796. The summed E-state index contributed by atoms with van der Waals surface area (Å²) in [4.78, 5) is 27.8. The van der Waals surface area contributed by atoms with Gasteiger partial charge in [-0.2, -0.15) is 0 Å². The van der Waals surface area contributed by atoms with Crippen LogP contribution in [0, 0.1) is 6.92 Å². The maximum Gasteiger partial charge on any atom is 0.339 e. The van der Waals surface area contributed by atoms with Gasteiger partial charge in [-0.25, -0.2) is 4.79 Å². The molecule has 0 aliphatic heterocycles. The highest BCUT2D eigenvalue weighted by atomic mass is 16.5. The monoisotopic (exact) mass is 417 g/mol. The molecule has 3 rings (SSSR count). The Morgan fingerprint density at radius 2 is 2.00 bits per heavy atom. The van der Waals surface area contributed by atoms with Crippen LogP contribution in [0.2, 0.25) is 0 Å². The van der Waals surface area contributed by atoms with E-state index in [0.29, 0.717) is 22.3 Å². The average molecular weight is 417 g/mol. The number of pyridine rings is 1. The summed E-state index contributed by atoms with van der Waals surface area (Å²) in [6.07, 6.45) is 2.93. The molecule has 9 heteroatoms. The Morgan fingerprint density at radius 3 is 2.67 bits per heavy atom. The number of aromatic carboxylic acids is 1.